The van der Waals surface area contributed by atoms with E-state index < -0.39 is 0 Å². The molecule has 2 aliphatic heterocycles. The Bertz CT molecular complexity index is 231. The third kappa shape index (κ3) is 1.22. The van der Waals surface area contributed by atoms with Crippen molar-refractivity contribution >= 4 is 11.6 Å². The molecule has 0 bridgehead atoms. The van der Waals surface area contributed by atoms with Gasteiger partial charge in [-0.2, -0.15) is 5.10 Å². The summed E-state index contributed by atoms with van der Waals surface area (Å²) in [5.74, 6) is 0.0699. The summed E-state index contributed by atoms with van der Waals surface area (Å²) in [6.07, 6.45) is 2.65. The Balaban J connectivity index is 2.05. The van der Waals surface area contributed by atoms with E-state index in [-0.39, 0.29) is 12.0 Å². The molecule has 0 aliphatic carbocycles. The number of hydrogen-bond acceptors (Lipinski definition) is 3. The average Bonchev–Trinajstić information content (AvgIpc) is 2.61. The van der Waals surface area contributed by atoms with Crippen molar-refractivity contribution in [2.75, 3.05) is 13.7 Å². The first kappa shape index (κ1) is 7.73. The number of hydrazone groups is 1. The molecule has 2 rings (SSSR count). The molecule has 2 aliphatic rings. The Labute approximate surface area is 71.2 Å². The molecule has 4 nitrogen and oxygen atoms in total. The van der Waals surface area contributed by atoms with Crippen molar-refractivity contribution in [3.05, 3.63) is 0 Å². The normalized spacial score (nSPS) is 29.8. The van der Waals surface area contributed by atoms with Crippen LogP contribution in [0.4, 0.5) is 0 Å². The van der Waals surface area contributed by atoms with Crippen LogP contribution in [0.3, 0.4) is 0 Å². The van der Waals surface area contributed by atoms with Gasteiger partial charge >= 0.3 is 0 Å². The van der Waals surface area contributed by atoms with Gasteiger partial charge in [-0.05, 0) is 12.8 Å². The Morgan fingerprint density at radius 3 is 3.00 bits per heavy atom. The van der Waals surface area contributed by atoms with Gasteiger partial charge in [0.15, 0.2) is 0 Å². The fourth-order valence-corrected chi connectivity index (χ4v) is 1.57. The van der Waals surface area contributed by atoms with Gasteiger partial charge in [0.05, 0.1) is 18.2 Å². The van der Waals surface area contributed by atoms with E-state index in [4.69, 9.17) is 4.74 Å². The van der Waals surface area contributed by atoms with Gasteiger partial charge in [-0.15, -0.1) is 0 Å². The third-order valence-electron chi connectivity index (χ3n) is 2.27. The fraction of sp³-hybridized carbons (Fsp3) is 0.750. The second-order valence-electron chi connectivity index (χ2n) is 3.19. The standard InChI is InChI=1S/C8H12N2O2/c1-10-8(11)5-6(9-10)7-3-2-4-12-7/h7H,2-5H2,1H3. The predicted octanol–water partition coefficient (Wildman–Crippen LogP) is 0.383. The second-order valence-corrected chi connectivity index (χ2v) is 3.19. The first-order valence-corrected chi connectivity index (χ1v) is 4.23. The van der Waals surface area contributed by atoms with E-state index in [1.807, 2.05) is 0 Å². The molecule has 0 radical (unpaired) electrons. The molecular formula is C8H12N2O2. The van der Waals surface area contributed by atoms with Crippen molar-refractivity contribution in [3.8, 4) is 0 Å². The lowest BCUT2D eigenvalue weighted by Crippen LogP contribution is -2.18. The van der Waals surface area contributed by atoms with Gasteiger partial charge < -0.3 is 4.74 Å². The summed E-state index contributed by atoms with van der Waals surface area (Å²) in [5.41, 5.74) is 0.903. The zero-order chi connectivity index (χ0) is 8.55. The quantitative estimate of drug-likeness (QED) is 0.568. The van der Waals surface area contributed by atoms with Gasteiger partial charge in [0, 0.05) is 13.7 Å². The molecule has 66 valence electrons. The summed E-state index contributed by atoms with van der Waals surface area (Å²) in [5, 5.41) is 5.53. The van der Waals surface area contributed by atoms with Crippen molar-refractivity contribution in [2.45, 2.75) is 25.4 Å². The van der Waals surface area contributed by atoms with Crippen LogP contribution in [0, 0.1) is 0 Å². The Kier molecular flexibility index (Phi) is 1.84. The smallest absolute Gasteiger partial charge is 0.248 e. The minimum Gasteiger partial charge on any atom is -0.372 e. The van der Waals surface area contributed by atoms with E-state index in [9.17, 15) is 4.79 Å². The molecule has 1 saturated heterocycles. The molecule has 0 aromatic heterocycles. The van der Waals surface area contributed by atoms with Crippen LogP contribution in [-0.2, 0) is 9.53 Å². The Hall–Kier alpha value is -0.900. The molecule has 0 aromatic carbocycles. The number of nitrogens with zero attached hydrogens (tertiary/aromatic N) is 2. The average molecular weight is 168 g/mol. The van der Waals surface area contributed by atoms with E-state index >= 15 is 0 Å². The zero-order valence-electron chi connectivity index (χ0n) is 7.12. The fourth-order valence-electron chi connectivity index (χ4n) is 1.57. The molecule has 12 heavy (non-hydrogen) atoms. The van der Waals surface area contributed by atoms with Gasteiger partial charge in [0.1, 0.15) is 0 Å². The van der Waals surface area contributed by atoms with Crippen LogP contribution in [0.25, 0.3) is 0 Å². The molecule has 1 atom stereocenters. The predicted molar refractivity (Wildman–Crippen MR) is 43.8 cm³/mol. The highest BCUT2D eigenvalue weighted by Gasteiger charge is 2.29. The topological polar surface area (TPSA) is 41.9 Å². The molecular weight excluding hydrogens is 156 g/mol. The first-order valence-electron chi connectivity index (χ1n) is 4.23. The number of amides is 1. The highest BCUT2D eigenvalue weighted by Crippen LogP contribution is 2.19. The molecule has 2 heterocycles. The largest absolute Gasteiger partial charge is 0.372 e. The first-order chi connectivity index (χ1) is 5.77. The van der Waals surface area contributed by atoms with Crippen molar-refractivity contribution in [3.63, 3.8) is 0 Å². The summed E-state index contributed by atoms with van der Waals surface area (Å²) < 4.78 is 5.42. The number of hydrogen-bond donors (Lipinski definition) is 0. The maximum atomic E-state index is 11.1. The van der Waals surface area contributed by atoms with Crippen molar-refractivity contribution < 1.29 is 9.53 Å². The molecule has 0 saturated carbocycles. The minimum absolute atomic E-state index is 0.0699. The number of ether oxygens (including phenoxy) is 1. The van der Waals surface area contributed by atoms with Crippen LogP contribution < -0.4 is 0 Å². The Morgan fingerprint density at radius 1 is 1.67 bits per heavy atom. The van der Waals surface area contributed by atoms with Gasteiger partial charge in [-0.1, -0.05) is 0 Å². The van der Waals surface area contributed by atoms with Gasteiger partial charge in [0.2, 0.25) is 5.91 Å². The number of carbonyl (C=O) groups excluding carboxylic acids is 1. The van der Waals surface area contributed by atoms with Crippen molar-refractivity contribution in [2.24, 2.45) is 5.10 Å². The molecule has 4 heteroatoms. The van der Waals surface area contributed by atoms with Crippen LogP contribution in [0.15, 0.2) is 5.10 Å². The maximum absolute atomic E-state index is 11.1. The summed E-state index contributed by atoms with van der Waals surface area (Å²) in [6.45, 7) is 0.807. The monoisotopic (exact) mass is 168 g/mol. The summed E-state index contributed by atoms with van der Waals surface area (Å²) in [6, 6.07) is 0. The highest BCUT2D eigenvalue weighted by molar-refractivity contribution is 6.07. The lowest BCUT2D eigenvalue weighted by molar-refractivity contribution is -0.127. The van der Waals surface area contributed by atoms with E-state index in [0.29, 0.717) is 6.42 Å². The lowest BCUT2D eigenvalue weighted by Gasteiger charge is -2.05. The van der Waals surface area contributed by atoms with Crippen LogP contribution in [-0.4, -0.2) is 36.4 Å². The van der Waals surface area contributed by atoms with Crippen molar-refractivity contribution in [1.29, 1.82) is 0 Å². The minimum atomic E-state index is 0.0699. The molecule has 1 amide bonds. The highest BCUT2D eigenvalue weighted by atomic mass is 16.5. The molecule has 1 fully saturated rings. The Morgan fingerprint density at radius 2 is 2.50 bits per heavy atom. The zero-order valence-corrected chi connectivity index (χ0v) is 7.12. The van der Waals surface area contributed by atoms with Gasteiger partial charge in [0.25, 0.3) is 0 Å². The molecule has 1 unspecified atom stereocenters. The van der Waals surface area contributed by atoms with Gasteiger partial charge in [-0.3, -0.25) is 4.79 Å². The third-order valence-corrected chi connectivity index (χ3v) is 2.27. The van der Waals surface area contributed by atoms with E-state index in [1.165, 1.54) is 5.01 Å². The van der Waals surface area contributed by atoms with Gasteiger partial charge in [-0.25, -0.2) is 5.01 Å². The van der Waals surface area contributed by atoms with Crippen LogP contribution in [0.2, 0.25) is 0 Å². The molecule has 0 spiro atoms. The SMILES string of the molecule is CN1N=C(C2CCCO2)CC1=O. The summed E-state index contributed by atoms with van der Waals surface area (Å²) in [7, 11) is 1.68. The number of carbonyl (C=O) groups is 1. The lowest BCUT2D eigenvalue weighted by atomic mass is 10.1. The summed E-state index contributed by atoms with van der Waals surface area (Å²) >= 11 is 0. The van der Waals surface area contributed by atoms with Crippen molar-refractivity contribution in [1.82, 2.24) is 5.01 Å². The molecule has 0 N–H and O–H groups in total. The maximum Gasteiger partial charge on any atom is 0.248 e. The summed E-state index contributed by atoms with van der Waals surface area (Å²) in [4.78, 5) is 11.1. The van der Waals surface area contributed by atoms with E-state index in [2.05, 4.69) is 5.10 Å². The van der Waals surface area contributed by atoms with E-state index in [1.54, 1.807) is 7.05 Å². The van der Waals surface area contributed by atoms with Crippen LogP contribution in [0.1, 0.15) is 19.3 Å². The second kappa shape index (κ2) is 2.86. The number of rotatable bonds is 1. The van der Waals surface area contributed by atoms with Crippen LogP contribution in [0.5, 0.6) is 0 Å². The van der Waals surface area contributed by atoms with Crippen LogP contribution >= 0.6 is 0 Å². The van der Waals surface area contributed by atoms with E-state index in [0.717, 1.165) is 25.2 Å². The molecule has 0 aromatic rings.